The van der Waals surface area contributed by atoms with Crippen LogP contribution in [0.1, 0.15) is 28.9 Å². The fraction of sp³-hybridized carbons (Fsp3) is 0.143. The van der Waals surface area contributed by atoms with Crippen LogP contribution in [-0.2, 0) is 7.05 Å². The topological polar surface area (TPSA) is 77.6 Å². The molecule has 1 amide bonds. The minimum Gasteiger partial charge on any atom is -0.345 e. The molecule has 2 aromatic heterocycles. The number of amides is 1. The van der Waals surface area contributed by atoms with Gasteiger partial charge in [-0.3, -0.25) is 9.48 Å². The van der Waals surface area contributed by atoms with E-state index in [1.807, 2.05) is 31.2 Å². The Morgan fingerprint density at radius 3 is 2.57 bits per heavy atom. The van der Waals surface area contributed by atoms with Crippen molar-refractivity contribution in [2.24, 2.45) is 7.05 Å². The van der Waals surface area contributed by atoms with Crippen LogP contribution < -0.4 is 5.32 Å². The van der Waals surface area contributed by atoms with Gasteiger partial charge in [-0.1, -0.05) is 12.1 Å². The number of nitrogens with one attached hydrogen (secondary N) is 1. The van der Waals surface area contributed by atoms with E-state index >= 15 is 0 Å². The predicted octanol–water partition coefficient (Wildman–Crippen LogP) is 3.44. The van der Waals surface area contributed by atoms with Crippen LogP contribution in [0.15, 0.2) is 61.3 Å². The lowest BCUT2D eigenvalue weighted by Crippen LogP contribution is -2.26. The Hall–Kier alpha value is -3.88. The molecule has 1 unspecified atom stereocenters. The molecule has 2 aromatic carbocycles. The highest BCUT2D eigenvalue weighted by Gasteiger charge is 2.21. The molecular weight excluding hydrogens is 390 g/mol. The van der Waals surface area contributed by atoms with Gasteiger partial charge in [0, 0.05) is 24.9 Å². The zero-order chi connectivity index (χ0) is 21.3. The van der Waals surface area contributed by atoms with Gasteiger partial charge in [0.2, 0.25) is 0 Å². The first-order valence-electron chi connectivity index (χ1n) is 9.17. The van der Waals surface area contributed by atoms with E-state index in [1.165, 1.54) is 23.3 Å². The summed E-state index contributed by atoms with van der Waals surface area (Å²) in [7, 11) is 1.63. The molecule has 0 aliphatic rings. The minimum atomic E-state index is -0.778. The predicted molar refractivity (Wildman–Crippen MR) is 106 cm³/mol. The number of carbonyl (C=O) groups excluding carboxylic acids is 1. The van der Waals surface area contributed by atoms with E-state index in [9.17, 15) is 13.6 Å². The summed E-state index contributed by atoms with van der Waals surface area (Å²) in [6.45, 7) is 1.84. The SMILES string of the molecule is CC(NC(=O)c1cn(C)nc1-c1ccc(F)cc1F)c1ccc(-n2cncn2)cc1. The van der Waals surface area contributed by atoms with Gasteiger partial charge in [-0.05, 0) is 36.8 Å². The molecule has 0 fully saturated rings. The third-order valence-corrected chi connectivity index (χ3v) is 4.68. The molecule has 7 nitrogen and oxygen atoms in total. The second-order valence-electron chi connectivity index (χ2n) is 6.82. The Morgan fingerprint density at radius 2 is 1.90 bits per heavy atom. The Kier molecular flexibility index (Phi) is 5.09. The van der Waals surface area contributed by atoms with Gasteiger partial charge in [-0.2, -0.15) is 10.2 Å². The van der Waals surface area contributed by atoms with Crippen LogP contribution >= 0.6 is 0 Å². The van der Waals surface area contributed by atoms with E-state index in [4.69, 9.17) is 0 Å². The second kappa shape index (κ2) is 7.86. The molecule has 4 rings (SSSR count). The average Bonchev–Trinajstić information content (AvgIpc) is 3.38. The Balaban J connectivity index is 1.55. The van der Waals surface area contributed by atoms with Crippen molar-refractivity contribution in [2.45, 2.75) is 13.0 Å². The van der Waals surface area contributed by atoms with Crippen molar-refractivity contribution >= 4 is 5.91 Å². The average molecular weight is 408 g/mol. The quantitative estimate of drug-likeness (QED) is 0.549. The summed E-state index contributed by atoms with van der Waals surface area (Å²) in [6, 6.07) is 10.4. The lowest BCUT2D eigenvalue weighted by molar-refractivity contribution is 0.0940. The van der Waals surface area contributed by atoms with E-state index in [1.54, 1.807) is 18.1 Å². The molecule has 0 saturated heterocycles. The highest BCUT2D eigenvalue weighted by atomic mass is 19.1. The number of carbonyl (C=O) groups is 1. The number of hydrogen-bond donors (Lipinski definition) is 1. The van der Waals surface area contributed by atoms with Gasteiger partial charge in [0.15, 0.2) is 0 Å². The smallest absolute Gasteiger partial charge is 0.255 e. The summed E-state index contributed by atoms with van der Waals surface area (Å²) in [6.07, 6.45) is 4.55. The second-order valence-corrected chi connectivity index (χ2v) is 6.82. The van der Waals surface area contributed by atoms with Crippen LogP contribution in [0.4, 0.5) is 8.78 Å². The summed E-state index contributed by atoms with van der Waals surface area (Å²) in [5.41, 5.74) is 2.14. The van der Waals surface area contributed by atoms with Gasteiger partial charge in [-0.15, -0.1) is 0 Å². The molecule has 1 atom stereocenters. The molecule has 0 saturated carbocycles. The fourth-order valence-corrected chi connectivity index (χ4v) is 3.15. The van der Waals surface area contributed by atoms with Crippen LogP contribution in [0.5, 0.6) is 0 Å². The van der Waals surface area contributed by atoms with Gasteiger partial charge in [0.05, 0.1) is 17.3 Å². The Bertz CT molecular complexity index is 1180. The lowest BCUT2D eigenvalue weighted by atomic mass is 10.0. The van der Waals surface area contributed by atoms with Crippen LogP contribution in [-0.4, -0.2) is 30.5 Å². The molecule has 2 heterocycles. The molecule has 9 heteroatoms. The van der Waals surface area contributed by atoms with Gasteiger partial charge in [0.25, 0.3) is 5.91 Å². The summed E-state index contributed by atoms with van der Waals surface area (Å²) in [4.78, 5) is 16.8. The highest BCUT2D eigenvalue weighted by Crippen LogP contribution is 2.26. The first kappa shape index (κ1) is 19.4. The number of nitrogens with zero attached hydrogens (tertiary/aromatic N) is 5. The fourth-order valence-electron chi connectivity index (χ4n) is 3.15. The normalized spacial score (nSPS) is 12.0. The molecular formula is C21H18F2N6O. The summed E-state index contributed by atoms with van der Waals surface area (Å²) in [5.74, 6) is -1.88. The van der Waals surface area contributed by atoms with Gasteiger partial charge < -0.3 is 5.32 Å². The molecule has 4 aromatic rings. The van der Waals surface area contributed by atoms with E-state index < -0.39 is 17.5 Å². The largest absolute Gasteiger partial charge is 0.345 e. The van der Waals surface area contributed by atoms with E-state index in [0.29, 0.717) is 0 Å². The number of rotatable bonds is 5. The van der Waals surface area contributed by atoms with E-state index in [2.05, 4.69) is 20.5 Å². The van der Waals surface area contributed by atoms with Crippen molar-refractivity contribution in [2.75, 3.05) is 0 Å². The molecule has 0 bridgehead atoms. The molecule has 0 radical (unpaired) electrons. The molecule has 152 valence electrons. The Labute approximate surface area is 171 Å². The first-order valence-corrected chi connectivity index (χ1v) is 9.17. The summed E-state index contributed by atoms with van der Waals surface area (Å²) in [5, 5.41) is 11.2. The monoisotopic (exact) mass is 408 g/mol. The van der Waals surface area contributed by atoms with Crippen molar-refractivity contribution in [1.82, 2.24) is 29.9 Å². The standard InChI is InChI=1S/C21H18F2N6O/c1-13(14-3-6-16(7-4-14)29-12-24-11-25-29)26-21(30)18-10-28(2)27-20(18)17-8-5-15(22)9-19(17)23/h3-13H,1-2H3,(H,26,30). The zero-order valence-electron chi connectivity index (χ0n) is 16.3. The van der Waals surface area contributed by atoms with Crippen LogP contribution in [0, 0.1) is 11.6 Å². The lowest BCUT2D eigenvalue weighted by Gasteiger charge is -2.15. The number of aromatic nitrogens is 5. The van der Waals surface area contributed by atoms with Crippen molar-refractivity contribution in [3.05, 3.63) is 84.1 Å². The van der Waals surface area contributed by atoms with Crippen molar-refractivity contribution in [3.8, 4) is 16.9 Å². The summed E-state index contributed by atoms with van der Waals surface area (Å²) < 4.78 is 30.5. The van der Waals surface area contributed by atoms with Crippen molar-refractivity contribution in [1.29, 1.82) is 0 Å². The number of hydrogen-bond acceptors (Lipinski definition) is 4. The molecule has 0 aliphatic carbocycles. The third kappa shape index (κ3) is 3.82. The molecule has 0 spiro atoms. The summed E-state index contributed by atoms with van der Waals surface area (Å²) >= 11 is 0. The third-order valence-electron chi connectivity index (χ3n) is 4.68. The molecule has 0 aliphatic heterocycles. The maximum absolute atomic E-state index is 14.2. The maximum atomic E-state index is 14.2. The first-order chi connectivity index (χ1) is 14.4. The van der Waals surface area contributed by atoms with Crippen LogP contribution in [0.3, 0.4) is 0 Å². The number of halogens is 2. The highest BCUT2D eigenvalue weighted by molar-refractivity contribution is 6.00. The van der Waals surface area contributed by atoms with E-state index in [0.717, 1.165) is 23.4 Å². The van der Waals surface area contributed by atoms with E-state index in [-0.39, 0.29) is 22.9 Å². The number of benzene rings is 2. The molecule has 30 heavy (non-hydrogen) atoms. The van der Waals surface area contributed by atoms with Gasteiger partial charge in [-0.25, -0.2) is 18.4 Å². The zero-order valence-corrected chi connectivity index (χ0v) is 16.3. The molecule has 1 N–H and O–H groups in total. The number of aryl methyl sites for hydroxylation is 1. The van der Waals surface area contributed by atoms with Crippen molar-refractivity contribution in [3.63, 3.8) is 0 Å². The van der Waals surface area contributed by atoms with Gasteiger partial charge in [0.1, 0.15) is 30.0 Å². The minimum absolute atomic E-state index is 0.0620. The maximum Gasteiger partial charge on any atom is 0.255 e. The van der Waals surface area contributed by atoms with Gasteiger partial charge >= 0.3 is 0 Å². The van der Waals surface area contributed by atoms with Crippen LogP contribution in [0.2, 0.25) is 0 Å². The van der Waals surface area contributed by atoms with Crippen LogP contribution in [0.25, 0.3) is 16.9 Å². The van der Waals surface area contributed by atoms with Crippen molar-refractivity contribution < 1.29 is 13.6 Å². The Morgan fingerprint density at radius 1 is 1.13 bits per heavy atom.